The normalized spacial score (nSPS) is 29.0. The van der Waals surface area contributed by atoms with Crippen molar-refractivity contribution in [1.82, 2.24) is 35.4 Å². The SMILES string of the molecule is O=C1N[C@@H]2CCCN(C2)c2nc(OC[C@@]34CCCN3C[C@H](F)C4)nc3c(F)c(ncc23)-c2c(c(Cl)cc3[nH]ncc23)[C@@H]2C[C@@H]2CCO1. The lowest BCUT2D eigenvalue weighted by molar-refractivity contribution is 0.107. The van der Waals surface area contributed by atoms with E-state index in [2.05, 4.69) is 25.4 Å². The number of hydrogen-bond acceptors (Lipinski definition) is 9. The van der Waals surface area contributed by atoms with Crippen molar-refractivity contribution in [3.63, 3.8) is 0 Å². The molecule has 4 fully saturated rings. The average molecular weight is 665 g/mol. The van der Waals surface area contributed by atoms with Gasteiger partial charge < -0.3 is 19.7 Å². The molecule has 3 aromatic heterocycles. The standard InChI is InChI=1S/C33H35ClF2N8O3/c34-23-10-24-21(13-38-42-24)26-25(23)20-9-17(20)4-8-46-32(45)39-19-3-1-6-43(15-19)30-22-12-37-29(26)27(36)28(22)40-31(41-30)47-16-33-5-2-7-44(33)14-18(35)11-33/h10,12-13,17-20H,1-9,11,14-16H2,(H,38,42)(H,39,45)/t17-,18+,19+,20+,33-/m0/s1. The molecule has 0 spiro atoms. The van der Waals surface area contributed by atoms with Crippen LogP contribution < -0.4 is 15.0 Å². The molecule has 1 amide bonds. The molecule has 6 aliphatic rings. The highest BCUT2D eigenvalue weighted by atomic mass is 35.5. The minimum absolute atomic E-state index is 0.0292. The molecule has 6 bridgehead atoms. The van der Waals surface area contributed by atoms with Gasteiger partial charge in [-0.05, 0) is 68.5 Å². The third-order valence-electron chi connectivity index (χ3n) is 10.9. The van der Waals surface area contributed by atoms with Gasteiger partial charge >= 0.3 is 12.1 Å². The number of amides is 1. The predicted octanol–water partition coefficient (Wildman–Crippen LogP) is 5.52. The van der Waals surface area contributed by atoms with Crippen LogP contribution >= 0.6 is 11.6 Å². The number of carbonyl (C=O) groups excluding carboxylic acids is 1. The summed E-state index contributed by atoms with van der Waals surface area (Å²) in [6, 6.07) is 1.66. The van der Waals surface area contributed by atoms with Crippen molar-refractivity contribution in [3.05, 3.63) is 34.9 Å². The molecule has 14 heteroatoms. The zero-order valence-electron chi connectivity index (χ0n) is 25.8. The number of H-pyrrole nitrogens is 1. The Morgan fingerprint density at radius 1 is 1.15 bits per heavy atom. The number of aromatic nitrogens is 5. The van der Waals surface area contributed by atoms with Gasteiger partial charge in [0.05, 0.1) is 29.2 Å². The second-order valence-electron chi connectivity index (χ2n) is 13.8. The van der Waals surface area contributed by atoms with Crippen LogP contribution in [0.3, 0.4) is 0 Å². The van der Waals surface area contributed by atoms with Crippen LogP contribution in [0.1, 0.15) is 56.4 Å². The van der Waals surface area contributed by atoms with Crippen LogP contribution in [0.5, 0.6) is 6.01 Å². The van der Waals surface area contributed by atoms with E-state index in [0.717, 1.165) is 44.2 Å². The fourth-order valence-electron chi connectivity index (χ4n) is 8.56. The molecular formula is C33H35ClF2N8O3. The largest absolute Gasteiger partial charge is 0.461 e. The number of ether oxygens (including phenoxy) is 2. The zero-order chi connectivity index (χ0) is 31.9. The number of carbonyl (C=O) groups is 1. The van der Waals surface area contributed by atoms with E-state index in [4.69, 9.17) is 31.0 Å². The first-order valence-electron chi connectivity index (χ1n) is 16.6. The summed E-state index contributed by atoms with van der Waals surface area (Å²) >= 11 is 6.92. The van der Waals surface area contributed by atoms with E-state index >= 15 is 4.39 Å². The Balaban J connectivity index is 1.21. The van der Waals surface area contributed by atoms with Gasteiger partial charge in [-0.3, -0.25) is 15.0 Å². The number of pyridine rings is 1. The van der Waals surface area contributed by atoms with Gasteiger partial charge in [-0.15, -0.1) is 0 Å². The first-order chi connectivity index (χ1) is 22.9. The Labute approximate surface area is 274 Å². The van der Waals surface area contributed by atoms with Gasteiger partial charge in [0.1, 0.15) is 29.8 Å². The molecule has 2 N–H and O–H groups in total. The molecule has 1 aromatic carbocycles. The lowest BCUT2D eigenvalue weighted by Crippen LogP contribution is -2.48. The number of anilines is 1. The van der Waals surface area contributed by atoms with Crippen LogP contribution in [0, 0.1) is 11.7 Å². The summed E-state index contributed by atoms with van der Waals surface area (Å²) in [4.78, 5) is 31.2. The summed E-state index contributed by atoms with van der Waals surface area (Å²) in [5.74, 6) is 0.139. The van der Waals surface area contributed by atoms with Crippen LogP contribution in [0.25, 0.3) is 33.1 Å². The van der Waals surface area contributed by atoms with E-state index in [1.807, 2.05) is 11.0 Å². The Hall–Kier alpha value is -3.84. The van der Waals surface area contributed by atoms with Crippen molar-refractivity contribution >= 4 is 45.3 Å². The highest BCUT2D eigenvalue weighted by Gasteiger charge is 2.49. The number of alkyl halides is 1. The number of rotatable bonds is 3. The molecule has 5 aliphatic heterocycles. The summed E-state index contributed by atoms with van der Waals surface area (Å²) in [5, 5.41) is 11.9. The second kappa shape index (κ2) is 11.1. The maximum absolute atomic E-state index is 17.1. The van der Waals surface area contributed by atoms with E-state index in [1.54, 1.807) is 12.4 Å². The molecule has 47 heavy (non-hydrogen) atoms. The van der Waals surface area contributed by atoms with Gasteiger partial charge in [-0.1, -0.05) is 11.6 Å². The number of hydrogen-bond donors (Lipinski definition) is 2. The van der Waals surface area contributed by atoms with Gasteiger partial charge in [0, 0.05) is 54.3 Å². The lowest BCUT2D eigenvalue weighted by atomic mass is 9.94. The number of piperidine rings is 1. The number of fused-ring (bicyclic) bond motifs is 7. The monoisotopic (exact) mass is 664 g/mol. The summed E-state index contributed by atoms with van der Waals surface area (Å²) in [7, 11) is 0. The number of benzene rings is 1. The number of nitrogens with zero attached hydrogens (tertiary/aromatic N) is 6. The van der Waals surface area contributed by atoms with Gasteiger partial charge in [0.2, 0.25) is 0 Å². The Bertz CT molecular complexity index is 1910. The summed E-state index contributed by atoms with van der Waals surface area (Å²) < 4.78 is 43.6. The fraction of sp³-hybridized carbons (Fsp3) is 0.545. The molecule has 3 saturated heterocycles. The average Bonchev–Trinajstić information content (AvgIpc) is 3.31. The Morgan fingerprint density at radius 2 is 2.06 bits per heavy atom. The van der Waals surface area contributed by atoms with Gasteiger partial charge in [-0.25, -0.2) is 13.6 Å². The maximum Gasteiger partial charge on any atom is 0.407 e. The molecular weight excluding hydrogens is 630 g/mol. The molecule has 4 aromatic rings. The highest BCUT2D eigenvalue weighted by molar-refractivity contribution is 6.33. The van der Waals surface area contributed by atoms with E-state index in [1.165, 1.54) is 0 Å². The summed E-state index contributed by atoms with van der Waals surface area (Å²) in [6.45, 7) is 2.80. The first-order valence-corrected chi connectivity index (χ1v) is 17.0. The molecule has 0 unspecified atom stereocenters. The number of halogens is 3. The van der Waals surface area contributed by atoms with E-state index in [-0.39, 0.29) is 48.3 Å². The van der Waals surface area contributed by atoms with Crippen LogP contribution in [0.2, 0.25) is 5.02 Å². The molecule has 0 radical (unpaired) electrons. The molecule has 5 atom stereocenters. The van der Waals surface area contributed by atoms with Gasteiger partial charge in [-0.2, -0.15) is 15.1 Å². The van der Waals surface area contributed by atoms with Crippen molar-refractivity contribution in [2.45, 2.75) is 68.6 Å². The van der Waals surface area contributed by atoms with E-state index in [9.17, 15) is 9.18 Å². The van der Waals surface area contributed by atoms with Crippen molar-refractivity contribution in [2.75, 3.05) is 44.3 Å². The van der Waals surface area contributed by atoms with Crippen LogP contribution in [0.4, 0.5) is 19.4 Å². The van der Waals surface area contributed by atoms with E-state index in [0.29, 0.717) is 65.2 Å². The van der Waals surface area contributed by atoms with Crippen LogP contribution in [-0.4, -0.2) is 93.3 Å². The van der Waals surface area contributed by atoms with Gasteiger partial charge in [0.15, 0.2) is 5.82 Å². The molecule has 8 heterocycles. The fourth-order valence-corrected chi connectivity index (χ4v) is 8.90. The highest BCUT2D eigenvalue weighted by Crippen LogP contribution is 2.56. The van der Waals surface area contributed by atoms with Crippen LogP contribution in [0.15, 0.2) is 18.5 Å². The lowest BCUT2D eigenvalue weighted by Gasteiger charge is -2.34. The number of nitrogens with one attached hydrogen (secondary N) is 2. The van der Waals surface area contributed by atoms with Gasteiger partial charge in [0.25, 0.3) is 0 Å². The summed E-state index contributed by atoms with van der Waals surface area (Å²) in [6.07, 6.45) is 7.18. The van der Waals surface area contributed by atoms with Crippen molar-refractivity contribution in [3.8, 4) is 17.3 Å². The zero-order valence-corrected chi connectivity index (χ0v) is 26.5. The number of aromatic amines is 1. The number of alkyl carbamates (subject to hydrolysis) is 1. The molecule has 10 rings (SSSR count). The minimum Gasteiger partial charge on any atom is -0.461 e. The smallest absolute Gasteiger partial charge is 0.407 e. The quantitative estimate of drug-likeness (QED) is 0.292. The van der Waals surface area contributed by atoms with Crippen molar-refractivity contribution in [1.29, 1.82) is 0 Å². The third kappa shape index (κ3) is 4.95. The topological polar surface area (TPSA) is 121 Å². The van der Waals surface area contributed by atoms with E-state index < -0.39 is 23.6 Å². The predicted molar refractivity (Wildman–Crippen MR) is 171 cm³/mol. The third-order valence-corrected chi connectivity index (χ3v) is 11.2. The maximum atomic E-state index is 17.1. The molecule has 246 valence electrons. The Morgan fingerprint density at radius 3 is 2.98 bits per heavy atom. The molecule has 1 aliphatic carbocycles. The first kappa shape index (κ1) is 29.3. The molecule has 11 nitrogen and oxygen atoms in total. The minimum atomic E-state index is -0.906. The molecule has 1 saturated carbocycles. The second-order valence-corrected chi connectivity index (χ2v) is 14.2. The van der Waals surface area contributed by atoms with Crippen LogP contribution in [-0.2, 0) is 4.74 Å². The van der Waals surface area contributed by atoms with Crippen molar-refractivity contribution < 1.29 is 23.0 Å². The van der Waals surface area contributed by atoms with Crippen molar-refractivity contribution in [2.24, 2.45) is 5.92 Å². The summed E-state index contributed by atoms with van der Waals surface area (Å²) in [5.41, 5.74) is 1.85. The Kier molecular flexibility index (Phi) is 6.93.